The van der Waals surface area contributed by atoms with Crippen LogP contribution < -0.4 is 20.7 Å². The smallest absolute Gasteiger partial charge is 0.328 e. The fraction of sp³-hybridized carbons (Fsp3) is 0.484. The number of amides is 6. The fourth-order valence-electron chi connectivity index (χ4n) is 5.12. The largest absolute Gasteiger partial charge is 0.495 e. The first-order chi connectivity index (χ1) is 20.0. The Labute approximate surface area is 246 Å². The van der Waals surface area contributed by atoms with Gasteiger partial charge in [0, 0.05) is 24.9 Å². The van der Waals surface area contributed by atoms with Crippen molar-refractivity contribution in [3.63, 3.8) is 0 Å². The number of hydrogen-bond donors (Lipinski definition) is 4. The number of anilines is 2. The maximum atomic E-state index is 13.8. The lowest BCUT2D eigenvalue weighted by Gasteiger charge is -2.28. The molecule has 0 unspecified atom stereocenters. The van der Waals surface area contributed by atoms with Crippen molar-refractivity contribution >= 4 is 35.3 Å². The average Bonchev–Trinajstić information content (AvgIpc) is 3.74. The maximum Gasteiger partial charge on any atom is 0.328 e. The molecule has 2 aliphatic rings. The maximum absolute atomic E-state index is 13.8. The number of ether oxygens (including phenoxy) is 1. The van der Waals surface area contributed by atoms with E-state index in [0.717, 1.165) is 23.3 Å². The molecule has 2 aromatic rings. The summed E-state index contributed by atoms with van der Waals surface area (Å²) in [5.41, 5.74) is 1.55. The van der Waals surface area contributed by atoms with Gasteiger partial charge in [0.2, 0.25) is 5.91 Å². The molecule has 11 heteroatoms. The molecule has 2 fully saturated rings. The van der Waals surface area contributed by atoms with Gasteiger partial charge in [-0.2, -0.15) is 0 Å². The minimum Gasteiger partial charge on any atom is -0.495 e. The second-order valence-corrected chi connectivity index (χ2v) is 11.6. The summed E-state index contributed by atoms with van der Waals surface area (Å²) in [5, 5.41) is 17.7. The second-order valence-electron chi connectivity index (χ2n) is 11.6. The van der Waals surface area contributed by atoms with E-state index in [1.165, 1.54) is 12.0 Å². The molecule has 1 heterocycles. The third kappa shape index (κ3) is 6.84. The highest BCUT2D eigenvalue weighted by Gasteiger charge is 2.55. The number of carbonyl (C=O) groups excluding carboxylic acids is 4. The van der Waals surface area contributed by atoms with Crippen molar-refractivity contribution in [1.82, 2.24) is 15.1 Å². The number of nitrogens with zero attached hydrogens (tertiary/aromatic N) is 2. The first kappa shape index (κ1) is 30.8. The molecule has 0 spiro atoms. The van der Waals surface area contributed by atoms with Crippen LogP contribution in [-0.4, -0.2) is 70.1 Å². The minimum absolute atomic E-state index is 0.0771. The molecule has 11 nitrogen and oxygen atoms in total. The molecule has 1 saturated heterocycles. The van der Waals surface area contributed by atoms with Gasteiger partial charge in [0.25, 0.3) is 5.91 Å². The lowest BCUT2D eigenvalue weighted by molar-refractivity contribution is -0.139. The highest BCUT2D eigenvalue weighted by Crippen LogP contribution is 2.38. The second kappa shape index (κ2) is 12.8. The van der Waals surface area contributed by atoms with E-state index in [-0.39, 0.29) is 25.1 Å². The number of nitrogens with one attached hydrogen (secondary N) is 3. The number of aryl methyl sites for hydroxylation is 1. The van der Waals surface area contributed by atoms with Crippen molar-refractivity contribution in [2.75, 3.05) is 24.4 Å². The van der Waals surface area contributed by atoms with Crippen LogP contribution >= 0.6 is 0 Å². The Morgan fingerprint density at radius 1 is 1.10 bits per heavy atom. The first-order valence-electron chi connectivity index (χ1n) is 14.3. The molecule has 2 aromatic carbocycles. The van der Waals surface area contributed by atoms with E-state index < -0.39 is 29.6 Å². The molecule has 0 bridgehead atoms. The molecule has 4 N–H and O–H groups in total. The van der Waals surface area contributed by atoms with Gasteiger partial charge in [-0.15, -0.1) is 0 Å². The molecule has 2 atom stereocenters. The van der Waals surface area contributed by atoms with E-state index in [4.69, 9.17) is 4.74 Å². The zero-order valence-electron chi connectivity index (χ0n) is 24.9. The van der Waals surface area contributed by atoms with Crippen molar-refractivity contribution in [1.29, 1.82) is 0 Å². The summed E-state index contributed by atoms with van der Waals surface area (Å²) >= 11 is 0. The molecule has 226 valence electrons. The van der Waals surface area contributed by atoms with Crippen LogP contribution in [0.15, 0.2) is 42.5 Å². The molecule has 6 amide bonds. The number of imide groups is 1. The molecule has 42 heavy (non-hydrogen) atoms. The molecular weight excluding hydrogens is 538 g/mol. The Morgan fingerprint density at radius 2 is 1.79 bits per heavy atom. The van der Waals surface area contributed by atoms with Crippen molar-refractivity contribution in [2.45, 2.75) is 77.5 Å². The molecule has 4 rings (SSSR count). The molecular formula is C31H41N5O6. The monoisotopic (exact) mass is 579 g/mol. The molecule has 0 radical (unpaired) electrons. The fourth-order valence-corrected chi connectivity index (χ4v) is 5.12. The normalized spacial score (nSPS) is 17.6. The summed E-state index contributed by atoms with van der Waals surface area (Å²) < 4.78 is 5.53. The van der Waals surface area contributed by atoms with E-state index in [0.29, 0.717) is 41.4 Å². The lowest BCUT2D eigenvalue weighted by atomic mass is 10.0. The number of urea groups is 2. The van der Waals surface area contributed by atoms with Gasteiger partial charge in [-0.1, -0.05) is 37.1 Å². The van der Waals surface area contributed by atoms with Gasteiger partial charge >= 0.3 is 12.1 Å². The van der Waals surface area contributed by atoms with Gasteiger partial charge in [-0.3, -0.25) is 9.59 Å². The number of aliphatic hydroxyl groups is 1. The minimum atomic E-state index is -1.19. The van der Waals surface area contributed by atoms with E-state index in [1.54, 1.807) is 39.0 Å². The van der Waals surface area contributed by atoms with Crippen LogP contribution in [0.1, 0.15) is 57.6 Å². The van der Waals surface area contributed by atoms with Gasteiger partial charge in [-0.25, -0.2) is 14.5 Å². The quantitative estimate of drug-likeness (QED) is 0.277. The van der Waals surface area contributed by atoms with E-state index in [2.05, 4.69) is 16.0 Å². The number of para-hydroxylation sites is 1. The van der Waals surface area contributed by atoms with E-state index in [1.807, 2.05) is 31.2 Å². The van der Waals surface area contributed by atoms with Crippen LogP contribution in [0.3, 0.4) is 0 Å². The van der Waals surface area contributed by atoms with Crippen molar-refractivity contribution in [3.8, 4) is 5.75 Å². The number of rotatable bonds is 12. The van der Waals surface area contributed by atoms with Crippen LogP contribution in [0.25, 0.3) is 0 Å². The van der Waals surface area contributed by atoms with Crippen LogP contribution in [0.5, 0.6) is 5.75 Å². The standard InChI is InChI=1S/C31H41N5O6/c1-19-8-6-7-9-23(19)33-29(40)34-24-13-12-22(17-26(24)42-5)18-35-30(41)36(28(39)31(35,3)4)25(16-21-10-11-21)27(38)32-20(2)14-15-37/h6-9,12-13,17,20-21,25,37H,10-11,14-16,18H2,1-5H3,(H,32,38)(H2,33,34,40)/t20-,25-/m1/s1. The SMILES string of the molecule is COc1cc(CN2C(=O)N([C@H](CC3CC3)C(=O)N[C@H](C)CCO)C(=O)C2(C)C)ccc1NC(=O)Nc1ccccc1C. The Kier molecular flexibility index (Phi) is 9.40. The molecule has 0 aromatic heterocycles. The van der Waals surface area contributed by atoms with Crippen LogP contribution in [0.4, 0.5) is 21.0 Å². The number of carbonyl (C=O) groups is 4. The average molecular weight is 580 g/mol. The number of hydrogen-bond acceptors (Lipinski definition) is 6. The highest BCUT2D eigenvalue weighted by atomic mass is 16.5. The topological polar surface area (TPSA) is 140 Å². The summed E-state index contributed by atoms with van der Waals surface area (Å²) in [5.74, 6) is -0.132. The Balaban J connectivity index is 1.51. The van der Waals surface area contributed by atoms with Crippen LogP contribution in [0, 0.1) is 12.8 Å². The van der Waals surface area contributed by atoms with Gasteiger partial charge in [0.1, 0.15) is 17.3 Å². The van der Waals surface area contributed by atoms with Crippen molar-refractivity contribution < 1.29 is 29.0 Å². The first-order valence-corrected chi connectivity index (χ1v) is 14.3. The number of methoxy groups -OCH3 is 1. The van der Waals surface area contributed by atoms with Gasteiger partial charge in [0.15, 0.2) is 0 Å². The summed E-state index contributed by atoms with van der Waals surface area (Å²) in [4.78, 5) is 55.9. The Morgan fingerprint density at radius 3 is 2.43 bits per heavy atom. The summed E-state index contributed by atoms with van der Waals surface area (Å²) in [7, 11) is 1.48. The summed E-state index contributed by atoms with van der Waals surface area (Å²) in [6.07, 6.45) is 2.71. The Bertz CT molecular complexity index is 1340. The van der Waals surface area contributed by atoms with Gasteiger partial charge in [-0.05, 0) is 75.8 Å². The Hall–Kier alpha value is -4.12. The summed E-state index contributed by atoms with van der Waals surface area (Å²) in [6, 6.07) is 10.4. The molecule has 1 aliphatic carbocycles. The summed E-state index contributed by atoms with van der Waals surface area (Å²) in [6.45, 7) is 7.05. The van der Waals surface area contributed by atoms with Crippen LogP contribution in [-0.2, 0) is 16.1 Å². The number of aliphatic hydroxyl groups excluding tert-OH is 1. The van der Waals surface area contributed by atoms with Gasteiger partial charge in [0.05, 0.1) is 12.8 Å². The third-order valence-electron chi connectivity index (χ3n) is 7.92. The predicted molar refractivity (Wildman–Crippen MR) is 159 cm³/mol. The lowest BCUT2D eigenvalue weighted by Crippen LogP contribution is -2.52. The van der Waals surface area contributed by atoms with Gasteiger partial charge < -0.3 is 30.7 Å². The predicted octanol–water partition coefficient (Wildman–Crippen LogP) is 4.25. The highest BCUT2D eigenvalue weighted by molar-refractivity contribution is 6.09. The van der Waals surface area contributed by atoms with E-state index >= 15 is 0 Å². The van der Waals surface area contributed by atoms with Crippen molar-refractivity contribution in [3.05, 3.63) is 53.6 Å². The zero-order chi connectivity index (χ0) is 30.6. The van der Waals surface area contributed by atoms with Crippen molar-refractivity contribution in [2.24, 2.45) is 5.92 Å². The molecule has 1 saturated carbocycles. The van der Waals surface area contributed by atoms with E-state index in [9.17, 15) is 24.3 Å². The molecule has 1 aliphatic heterocycles. The third-order valence-corrected chi connectivity index (χ3v) is 7.92. The zero-order valence-corrected chi connectivity index (χ0v) is 24.9. The number of benzene rings is 2. The van der Waals surface area contributed by atoms with Crippen LogP contribution in [0.2, 0.25) is 0 Å².